The van der Waals surface area contributed by atoms with Crippen LogP contribution in [-0.2, 0) is 0 Å². The molecule has 0 radical (unpaired) electrons. The van der Waals surface area contributed by atoms with Crippen LogP contribution in [0, 0.1) is 0 Å². The fourth-order valence-electron chi connectivity index (χ4n) is 1.31. The number of aromatic nitrogens is 1. The Kier molecular flexibility index (Phi) is 4.86. The lowest BCUT2D eigenvalue weighted by Crippen LogP contribution is -2.37. The summed E-state index contributed by atoms with van der Waals surface area (Å²) in [5.41, 5.74) is 0.208. The highest BCUT2D eigenvalue weighted by Crippen LogP contribution is 2.05. The Labute approximate surface area is 99.9 Å². The molecule has 6 nitrogen and oxygen atoms in total. The van der Waals surface area contributed by atoms with Gasteiger partial charge in [-0.1, -0.05) is 0 Å². The number of nitrogens with one attached hydrogen (secondary N) is 1. The number of aliphatic hydroxyl groups is 1. The number of carbonyl (C=O) groups excluding carboxylic acids is 1. The Bertz CT molecular complexity index is 365. The fourth-order valence-corrected chi connectivity index (χ4v) is 1.31. The number of nitrogens with zero attached hydrogens (tertiary/aromatic N) is 2. The van der Waals surface area contributed by atoms with Crippen LogP contribution in [0.2, 0.25) is 0 Å². The first-order valence-electron chi connectivity index (χ1n) is 5.25. The van der Waals surface area contributed by atoms with Crippen molar-refractivity contribution in [2.45, 2.75) is 6.10 Å². The third-order valence-corrected chi connectivity index (χ3v) is 2.05. The lowest BCUT2D eigenvalue weighted by atomic mass is 10.3. The van der Waals surface area contributed by atoms with E-state index in [1.54, 1.807) is 0 Å². The molecule has 0 aromatic carbocycles. The van der Waals surface area contributed by atoms with E-state index in [0.29, 0.717) is 6.54 Å². The zero-order valence-corrected chi connectivity index (χ0v) is 9.92. The van der Waals surface area contributed by atoms with Gasteiger partial charge in [-0.25, -0.2) is 4.98 Å². The average molecular weight is 239 g/mol. The van der Waals surface area contributed by atoms with E-state index in [9.17, 15) is 9.90 Å². The van der Waals surface area contributed by atoms with Gasteiger partial charge in [0.1, 0.15) is 11.4 Å². The van der Waals surface area contributed by atoms with Crippen LogP contribution in [0.3, 0.4) is 0 Å². The number of likely N-dealkylation sites (N-methyl/N-ethyl adjacent to an activating group) is 1. The standard InChI is InChI=1S/C11H17N3O3/c1-14(2)7-9(16)6-13-11(17)10-4-3-8(15)5-12-10/h3-5,9,15-16H,6-7H2,1-2H3,(H,13,17)/t9-/m0/s1. The summed E-state index contributed by atoms with van der Waals surface area (Å²) in [6.45, 7) is 0.642. The van der Waals surface area contributed by atoms with E-state index in [1.165, 1.54) is 18.3 Å². The normalized spacial score (nSPS) is 12.5. The zero-order valence-electron chi connectivity index (χ0n) is 9.92. The number of aromatic hydroxyl groups is 1. The van der Waals surface area contributed by atoms with Gasteiger partial charge in [-0.15, -0.1) is 0 Å². The molecule has 1 aromatic rings. The number of aliphatic hydroxyl groups excluding tert-OH is 1. The summed E-state index contributed by atoms with van der Waals surface area (Å²) in [5, 5.41) is 21.1. The number of amides is 1. The Morgan fingerprint density at radius 3 is 2.76 bits per heavy atom. The number of pyridine rings is 1. The summed E-state index contributed by atoms with van der Waals surface area (Å²) in [4.78, 5) is 17.2. The summed E-state index contributed by atoms with van der Waals surface area (Å²) < 4.78 is 0. The molecule has 94 valence electrons. The van der Waals surface area contributed by atoms with Crippen LogP contribution < -0.4 is 5.32 Å². The van der Waals surface area contributed by atoms with Crippen molar-refractivity contribution >= 4 is 5.91 Å². The van der Waals surface area contributed by atoms with Gasteiger partial charge in [0.15, 0.2) is 0 Å². The molecule has 17 heavy (non-hydrogen) atoms. The van der Waals surface area contributed by atoms with E-state index >= 15 is 0 Å². The van der Waals surface area contributed by atoms with Gasteiger partial charge in [-0.3, -0.25) is 4.79 Å². The molecule has 3 N–H and O–H groups in total. The van der Waals surface area contributed by atoms with Crippen LogP contribution in [0.4, 0.5) is 0 Å². The second kappa shape index (κ2) is 6.17. The summed E-state index contributed by atoms with van der Waals surface area (Å²) >= 11 is 0. The SMILES string of the molecule is CN(C)C[C@@H](O)CNC(=O)c1ccc(O)cn1. The molecule has 0 fully saturated rings. The van der Waals surface area contributed by atoms with Crippen LogP contribution in [0.15, 0.2) is 18.3 Å². The van der Waals surface area contributed by atoms with E-state index in [-0.39, 0.29) is 23.9 Å². The van der Waals surface area contributed by atoms with Gasteiger partial charge >= 0.3 is 0 Å². The average Bonchev–Trinajstić information content (AvgIpc) is 2.26. The minimum atomic E-state index is -0.619. The Balaban J connectivity index is 2.42. The summed E-state index contributed by atoms with van der Waals surface area (Å²) in [6.07, 6.45) is 0.580. The van der Waals surface area contributed by atoms with Gasteiger partial charge in [0.05, 0.1) is 12.3 Å². The number of carbonyl (C=O) groups is 1. The molecule has 1 heterocycles. The number of hydrogen-bond acceptors (Lipinski definition) is 5. The maximum Gasteiger partial charge on any atom is 0.269 e. The molecule has 1 aromatic heterocycles. The van der Waals surface area contributed by atoms with Crippen molar-refractivity contribution in [1.82, 2.24) is 15.2 Å². The molecule has 0 saturated carbocycles. The zero-order chi connectivity index (χ0) is 12.8. The first-order chi connectivity index (χ1) is 7.99. The van der Waals surface area contributed by atoms with Gasteiger partial charge in [0.2, 0.25) is 0 Å². The highest BCUT2D eigenvalue weighted by atomic mass is 16.3. The van der Waals surface area contributed by atoms with Gasteiger partial charge in [-0.05, 0) is 26.2 Å². The van der Waals surface area contributed by atoms with Crippen LogP contribution >= 0.6 is 0 Å². The monoisotopic (exact) mass is 239 g/mol. The molecule has 1 rings (SSSR count). The molecule has 0 unspecified atom stereocenters. The minimum absolute atomic E-state index is 0.00851. The minimum Gasteiger partial charge on any atom is -0.506 e. The highest BCUT2D eigenvalue weighted by molar-refractivity contribution is 5.92. The third kappa shape index (κ3) is 4.80. The molecule has 0 saturated heterocycles. The lowest BCUT2D eigenvalue weighted by Gasteiger charge is -2.16. The van der Waals surface area contributed by atoms with Crippen molar-refractivity contribution in [1.29, 1.82) is 0 Å². The third-order valence-electron chi connectivity index (χ3n) is 2.05. The lowest BCUT2D eigenvalue weighted by molar-refractivity contribution is 0.0887. The van der Waals surface area contributed by atoms with E-state index in [4.69, 9.17) is 5.11 Å². The van der Waals surface area contributed by atoms with Crippen molar-refractivity contribution in [3.63, 3.8) is 0 Å². The molecule has 0 spiro atoms. The molecular weight excluding hydrogens is 222 g/mol. The van der Waals surface area contributed by atoms with Crippen LogP contribution in [0.5, 0.6) is 5.75 Å². The molecule has 0 aliphatic heterocycles. The highest BCUT2D eigenvalue weighted by Gasteiger charge is 2.10. The van der Waals surface area contributed by atoms with Crippen molar-refractivity contribution in [3.05, 3.63) is 24.0 Å². The largest absolute Gasteiger partial charge is 0.506 e. The van der Waals surface area contributed by atoms with Crippen molar-refractivity contribution in [3.8, 4) is 5.75 Å². The summed E-state index contributed by atoms with van der Waals surface area (Å²) in [5.74, 6) is -0.364. The van der Waals surface area contributed by atoms with Crippen molar-refractivity contribution < 1.29 is 15.0 Å². The summed E-state index contributed by atoms with van der Waals surface area (Å²) in [6, 6.07) is 2.81. The van der Waals surface area contributed by atoms with Gasteiger partial charge in [0, 0.05) is 13.1 Å². The van der Waals surface area contributed by atoms with Gasteiger partial charge < -0.3 is 20.4 Å². The van der Waals surface area contributed by atoms with Crippen LogP contribution in [-0.4, -0.2) is 59.3 Å². The smallest absolute Gasteiger partial charge is 0.269 e. The summed E-state index contributed by atoms with van der Waals surface area (Å²) in [7, 11) is 3.68. The second-order valence-electron chi connectivity index (χ2n) is 4.03. The molecule has 0 aliphatic carbocycles. The van der Waals surface area contributed by atoms with Crippen molar-refractivity contribution in [2.24, 2.45) is 0 Å². The fraction of sp³-hybridized carbons (Fsp3) is 0.455. The quantitative estimate of drug-likeness (QED) is 0.641. The van der Waals surface area contributed by atoms with E-state index in [1.807, 2.05) is 19.0 Å². The molecule has 1 amide bonds. The number of hydrogen-bond donors (Lipinski definition) is 3. The maximum atomic E-state index is 11.6. The molecular formula is C11H17N3O3. The Morgan fingerprint density at radius 2 is 2.24 bits per heavy atom. The molecule has 0 aliphatic rings. The van der Waals surface area contributed by atoms with Gasteiger partial charge in [-0.2, -0.15) is 0 Å². The topological polar surface area (TPSA) is 85.7 Å². The first kappa shape index (κ1) is 13.4. The first-order valence-corrected chi connectivity index (χ1v) is 5.25. The molecule has 0 bridgehead atoms. The van der Waals surface area contributed by atoms with Crippen LogP contribution in [0.25, 0.3) is 0 Å². The van der Waals surface area contributed by atoms with Crippen LogP contribution in [0.1, 0.15) is 10.5 Å². The number of rotatable bonds is 5. The predicted molar refractivity (Wildman–Crippen MR) is 62.8 cm³/mol. The second-order valence-corrected chi connectivity index (χ2v) is 4.03. The van der Waals surface area contributed by atoms with Gasteiger partial charge in [0.25, 0.3) is 5.91 Å². The van der Waals surface area contributed by atoms with E-state index in [0.717, 1.165) is 0 Å². The molecule has 1 atom stereocenters. The maximum absolute atomic E-state index is 11.6. The Hall–Kier alpha value is -1.66. The molecule has 6 heteroatoms. The predicted octanol–water partition coefficient (Wildman–Crippen LogP) is -0.561. The van der Waals surface area contributed by atoms with E-state index in [2.05, 4.69) is 10.3 Å². The van der Waals surface area contributed by atoms with Crippen molar-refractivity contribution in [2.75, 3.05) is 27.2 Å². The van der Waals surface area contributed by atoms with E-state index < -0.39 is 6.10 Å². The Morgan fingerprint density at radius 1 is 1.53 bits per heavy atom.